The van der Waals surface area contributed by atoms with Gasteiger partial charge in [-0.25, -0.2) is 4.99 Å². The van der Waals surface area contributed by atoms with Gasteiger partial charge >= 0.3 is 0 Å². The van der Waals surface area contributed by atoms with Gasteiger partial charge in [-0.05, 0) is 62.2 Å². The van der Waals surface area contributed by atoms with Crippen molar-refractivity contribution >= 4 is 56.0 Å². The number of aryl methyl sites for hydroxylation is 2. The highest BCUT2D eigenvalue weighted by Gasteiger charge is 2.35. The topological polar surface area (TPSA) is 61.8 Å². The summed E-state index contributed by atoms with van der Waals surface area (Å²) in [5.41, 5.74) is 3.80. The number of thioether (sulfide) groups is 1. The molecule has 1 atom stereocenters. The van der Waals surface area contributed by atoms with Crippen molar-refractivity contribution in [2.24, 2.45) is 4.99 Å². The number of carbonyl (C=O) groups is 2. The van der Waals surface area contributed by atoms with Crippen LogP contribution in [0.2, 0.25) is 0 Å². The van der Waals surface area contributed by atoms with E-state index < -0.39 is 5.25 Å². The van der Waals surface area contributed by atoms with Crippen LogP contribution in [-0.4, -0.2) is 33.7 Å². The summed E-state index contributed by atoms with van der Waals surface area (Å²) in [7, 11) is 0. The van der Waals surface area contributed by atoms with Crippen LogP contribution in [0.5, 0.6) is 0 Å². The number of nitrogens with zero attached hydrogens (tertiary/aromatic N) is 2. The number of rotatable bonds is 4. The van der Waals surface area contributed by atoms with Crippen molar-refractivity contribution in [1.29, 1.82) is 0 Å². The largest absolute Gasteiger partial charge is 0.325 e. The molecular formula is C21H22BrN3O2S. The number of aliphatic imine (C=N–C) groups is 1. The van der Waals surface area contributed by atoms with Gasteiger partial charge in [-0.1, -0.05) is 39.8 Å². The number of amidine groups is 1. The maximum Gasteiger partial charge on any atom is 0.238 e. The molecule has 0 saturated carbocycles. The average molecular weight is 460 g/mol. The van der Waals surface area contributed by atoms with Crippen LogP contribution < -0.4 is 5.32 Å². The number of halogens is 1. The Morgan fingerprint density at radius 2 is 2.04 bits per heavy atom. The molecule has 0 spiro atoms. The summed E-state index contributed by atoms with van der Waals surface area (Å²) in [5.74, 6) is -0.279. The van der Waals surface area contributed by atoms with Crippen molar-refractivity contribution < 1.29 is 9.59 Å². The van der Waals surface area contributed by atoms with Crippen LogP contribution in [0.3, 0.4) is 0 Å². The molecule has 0 radical (unpaired) electrons. The predicted octanol–water partition coefficient (Wildman–Crippen LogP) is 5.05. The molecule has 5 nitrogen and oxygen atoms in total. The molecule has 28 heavy (non-hydrogen) atoms. The zero-order valence-electron chi connectivity index (χ0n) is 16.0. The summed E-state index contributed by atoms with van der Waals surface area (Å²) in [4.78, 5) is 31.7. The summed E-state index contributed by atoms with van der Waals surface area (Å²) in [6.07, 6.45) is 0.157. The van der Waals surface area contributed by atoms with E-state index in [-0.39, 0.29) is 18.2 Å². The van der Waals surface area contributed by atoms with Gasteiger partial charge in [0.25, 0.3) is 0 Å². The van der Waals surface area contributed by atoms with Crippen molar-refractivity contribution in [2.75, 3.05) is 11.9 Å². The first kappa shape index (κ1) is 20.6. The summed E-state index contributed by atoms with van der Waals surface area (Å²) in [5, 5.41) is 2.94. The van der Waals surface area contributed by atoms with Crippen LogP contribution in [0.4, 0.5) is 11.4 Å². The van der Waals surface area contributed by atoms with E-state index in [0.29, 0.717) is 17.4 Å². The van der Waals surface area contributed by atoms with Gasteiger partial charge in [0.2, 0.25) is 11.8 Å². The lowest BCUT2D eigenvalue weighted by Gasteiger charge is -2.31. The molecule has 1 unspecified atom stereocenters. The smallest absolute Gasteiger partial charge is 0.238 e. The quantitative estimate of drug-likeness (QED) is 0.695. The van der Waals surface area contributed by atoms with Crippen LogP contribution >= 0.6 is 27.7 Å². The lowest BCUT2D eigenvalue weighted by Crippen LogP contribution is -2.45. The lowest BCUT2D eigenvalue weighted by molar-refractivity contribution is -0.129. The maximum absolute atomic E-state index is 12.7. The van der Waals surface area contributed by atoms with Crippen molar-refractivity contribution in [2.45, 2.75) is 32.4 Å². The molecule has 2 aromatic carbocycles. The van der Waals surface area contributed by atoms with E-state index in [0.717, 1.165) is 15.7 Å². The Balaban J connectivity index is 1.83. The molecule has 0 bridgehead atoms. The molecule has 1 heterocycles. The molecule has 1 N–H and O–H groups in total. The monoisotopic (exact) mass is 459 g/mol. The van der Waals surface area contributed by atoms with E-state index in [1.54, 1.807) is 4.90 Å². The van der Waals surface area contributed by atoms with Gasteiger partial charge in [-0.15, -0.1) is 0 Å². The van der Waals surface area contributed by atoms with Gasteiger partial charge in [-0.2, -0.15) is 0 Å². The normalized spacial score (nSPS) is 18.4. The van der Waals surface area contributed by atoms with Gasteiger partial charge in [0, 0.05) is 23.1 Å². The Bertz CT molecular complexity index is 945. The van der Waals surface area contributed by atoms with Gasteiger partial charge in [0.1, 0.15) is 5.25 Å². The fraction of sp³-hybridized carbons (Fsp3) is 0.286. The standard InChI is InChI=1S/C21H22BrN3O2S/c1-4-25-19(26)12-18(20(27)23-16-7-5-6-15(22)11-16)28-21(25)24-17-9-8-13(2)14(3)10-17/h5-11,18H,4,12H2,1-3H3,(H,23,27). The fourth-order valence-electron chi connectivity index (χ4n) is 2.85. The Morgan fingerprint density at radius 1 is 1.25 bits per heavy atom. The van der Waals surface area contributed by atoms with Crippen molar-refractivity contribution in [3.63, 3.8) is 0 Å². The van der Waals surface area contributed by atoms with Gasteiger partial charge in [0.05, 0.1) is 5.69 Å². The minimum Gasteiger partial charge on any atom is -0.325 e. The number of nitrogens with one attached hydrogen (secondary N) is 1. The number of benzene rings is 2. The van der Waals surface area contributed by atoms with Crippen LogP contribution in [0.1, 0.15) is 24.5 Å². The number of amides is 2. The molecule has 146 valence electrons. The summed E-state index contributed by atoms with van der Waals surface area (Å²) >= 11 is 4.73. The molecule has 3 rings (SSSR count). The highest BCUT2D eigenvalue weighted by Crippen LogP contribution is 2.30. The molecule has 0 aromatic heterocycles. The second-order valence-corrected chi connectivity index (χ2v) is 8.70. The number of hydrogen-bond acceptors (Lipinski definition) is 4. The van der Waals surface area contributed by atoms with E-state index in [9.17, 15) is 9.59 Å². The van der Waals surface area contributed by atoms with Crippen LogP contribution in [0.15, 0.2) is 51.9 Å². The molecule has 1 aliphatic rings. The summed E-state index contributed by atoms with van der Waals surface area (Å²) in [6.45, 7) is 6.52. The molecule has 1 aliphatic heterocycles. The van der Waals surface area contributed by atoms with Crippen LogP contribution in [0, 0.1) is 13.8 Å². The van der Waals surface area contributed by atoms with Gasteiger partial charge in [0.15, 0.2) is 5.17 Å². The summed E-state index contributed by atoms with van der Waals surface area (Å²) in [6, 6.07) is 13.3. The van der Waals surface area contributed by atoms with E-state index in [2.05, 4.69) is 26.2 Å². The lowest BCUT2D eigenvalue weighted by atomic mass is 10.1. The highest BCUT2D eigenvalue weighted by atomic mass is 79.9. The van der Waals surface area contributed by atoms with Crippen molar-refractivity contribution in [1.82, 2.24) is 4.90 Å². The molecule has 0 aliphatic carbocycles. The molecule has 1 saturated heterocycles. The SMILES string of the molecule is CCN1C(=O)CC(C(=O)Nc2cccc(Br)c2)SC1=Nc1ccc(C)c(C)c1. The molecule has 2 amide bonds. The van der Waals surface area contributed by atoms with E-state index in [1.807, 2.05) is 63.2 Å². The first-order valence-corrected chi connectivity index (χ1v) is 10.7. The number of anilines is 1. The average Bonchev–Trinajstić information content (AvgIpc) is 2.64. The number of hydrogen-bond donors (Lipinski definition) is 1. The maximum atomic E-state index is 12.7. The third kappa shape index (κ3) is 4.83. The molecule has 2 aromatic rings. The Hall–Kier alpha value is -2.12. The first-order chi connectivity index (χ1) is 13.4. The van der Waals surface area contributed by atoms with Crippen LogP contribution in [0.25, 0.3) is 0 Å². The van der Waals surface area contributed by atoms with Crippen LogP contribution in [-0.2, 0) is 9.59 Å². The first-order valence-electron chi connectivity index (χ1n) is 9.06. The summed E-state index contributed by atoms with van der Waals surface area (Å²) < 4.78 is 0.881. The number of carbonyl (C=O) groups excluding carboxylic acids is 2. The highest BCUT2D eigenvalue weighted by molar-refractivity contribution is 9.10. The van der Waals surface area contributed by atoms with E-state index in [1.165, 1.54) is 17.3 Å². The molecule has 1 fully saturated rings. The van der Waals surface area contributed by atoms with Crippen molar-refractivity contribution in [3.05, 3.63) is 58.1 Å². The predicted molar refractivity (Wildman–Crippen MR) is 119 cm³/mol. The van der Waals surface area contributed by atoms with Gasteiger partial charge < -0.3 is 5.32 Å². The van der Waals surface area contributed by atoms with E-state index in [4.69, 9.17) is 0 Å². The fourth-order valence-corrected chi connectivity index (χ4v) is 4.41. The zero-order chi connectivity index (χ0) is 20.3. The zero-order valence-corrected chi connectivity index (χ0v) is 18.4. The third-order valence-corrected chi connectivity index (χ3v) is 6.24. The van der Waals surface area contributed by atoms with Gasteiger partial charge in [-0.3, -0.25) is 14.5 Å². The molecular weight excluding hydrogens is 438 g/mol. The Morgan fingerprint density at radius 3 is 2.71 bits per heavy atom. The Kier molecular flexibility index (Phi) is 6.57. The van der Waals surface area contributed by atoms with Crippen molar-refractivity contribution in [3.8, 4) is 0 Å². The second-order valence-electron chi connectivity index (χ2n) is 6.61. The molecule has 7 heteroatoms. The minimum absolute atomic E-state index is 0.0850. The van der Waals surface area contributed by atoms with E-state index >= 15 is 0 Å². The minimum atomic E-state index is -0.514. The second kappa shape index (κ2) is 8.92. The Labute approximate surface area is 177 Å². The third-order valence-electron chi connectivity index (χ3n) is 4.56.